The summed E-state index contributed by atoms with van der Waals surface area (Å²) in [5.41, 5.74) is 2.31. The molecule has 1 amide bonds. The first-order valence-corrected chi connectivity index (χ1v) is 8.99. The number of aliphatic hydroxyl groups is 1. The quantitative estimate of drug-likeness (QED) is 0.572. The minimum absolute atomic E-state index is 0.0307. The lowest BCUT2D eigenvalue weighted by atomic mass is 10.1. The summed E-state index contributed by atoms with van der Waals surface area (Å²) >= 11 is 1.57. The molecule has 2 heterocycles. The van der Waals surface area contributed by atoms with Crippen molar-refractivity contribution in [3.05, 3.63) is 35.5 Å². The van der Waals surface area contributed by atoms with Crippen LogP contribution in [0.2, 0.25) is 0 Å². The highest BCUT2D eigenvalue weighted by atomic mass is 32.2. The van der Waals surface area contributed by atoms with Crippen LogP contribution in [0.5, 0.6) is 0 Å². The van der Waals surface area contributed by atoms with Crippen LogP contribution in [-0.4, -0.2) is 66.1 Å². The van der Waals surface area contributed by atoms with Crippen LogP contribution in [0.15, 0.2) is 24.4 Å². The number of esters is 1. The Labute approximate surface area is 149 Å². The second kappa shape index (κ2) is 7.90. The molecule has 134 valence electrons. The molecule has 1 fully saturated rings. The van der Waals surface area contributed by atoms with Crippen molar-refractivity contribution in [3.63, 3.8) is 0 Å². The topological polar surface area (TPSA) is 91.9 Å². The zero-order chi connectivity index (χ0) is 17.8. The van der Waals surface area contributed by atoms with Crippen molar-refractivity contribution in [2.24, 2.45) is 0 Å². The smallest absolute Gasteiger partial charge is 0.337 e. The Bertz CT molecular complexity index is 775. The summed E-state index contributed by atoms with van der Waals surface area (Å²) in [6.45, 7) is 1.10. The SMILES string of the molecule is COC(=O)c1ccc2c(C3SCC(=O)N3CCOCCO)c[nH]c2c1. The lowest BCUT2D eigenvalue weighted by molar-refractivity contribution is -0.128. The fraction of sp³-hybridized carbons (Fsp3) is 0.412. The van der Waals surface area contributed by atoms with Crippen molar-refractivity contribution < 1.29 is 24.2 Å². The number of nitrogens with zero attached hydrogens (tertiary/aromatic N) is 1. The summed E-state index contributed by atoms with van der Waals surface area (Å²) in [5, 5.41) is 9.64. The number of benzene rings is 1. The maximum absolute atomic E-state index is 12.2. The first-order chi connectivity index (χ1) is 12.2. The molecule has 2 N–H and O–H groups in total. The summed E-state index contributed by atoms with van der Waals surface area (Å²) in [6, 6.07) is 5.35. The summed E-state index contributed by atoms with van der Waals surface area (Å²) in [6.07, 6.45) is 1.88. The molecular weight excluding hydrogens is 344 g/mol. The van der Waals surface area contributed by atoms with Gasteiger partial charge < -0.3 is 24.5 Å². The molecular formula is C17H20N2O5S. The second-order valence-corrected chi connectivity index (χ2v) is 6.65. The predicted octanol–water partition coefficient (Wildman–Crippen LogP) is 1.54. The Kier molecular flexibility index (Phi) is 5.62. The third-order valence-corrected chi connectivity index (χ3v) is 5.32. The van der Waals surface area contributed by atoms with E-state index in [9.17, 15) is 9.59 Å². The largest absolute Gasteiger partial charge is 0.465 e. The molecule has 0 aliphatic carbocycles. The van der Waals surface area contributed by atoms with E-state index < -0.39 is 0 Å². The van der Waals surface area contributed by atoms with Crippen LogP contribution in [-0.2, 0) is 14.3 Å². The highest BCUT2D eigenvalue weighted by Crippen LogP contribution is 2.41. The van der Waals surface area contributed by atoms with Gasteiger partial charge in [0.2, 0.25) is 5.91 Å². The van der Waals surface area contributed by atoms with Crippen LogP contribution < -0.4 is 0 Å². The van der Waals surface area contributed by atoms with Crippen LogP contribution in [0.25, 0.3) is 10.9 Å². The Morgan fingerprint density at radius 2 is 2.28 bits per heavy atom. The average molecular weight is 364 g/mol. The Morgan fingerprint density at radius 3 is 3.04 bits per heavy atom. The minimum atomic E-state index is -0.383. The fourth-order valence-electron chi connectivity index (χ4n) is 2.88. The van der Waals surface area contributed by atoms with E-state index in [-0.39, 0.29) is 30.5 Å². The third kappa shape index (κ3) is 3.65. The zero-order valence-corrected chi connectivity index (χ0v) is 14.7. The number of carbonyl (C=O) groups excluding carboxylic acids is 2. The van der Waals surface area contributed by atoms with Gasteiger partial charge in [-0.25, -0.2) is 4.79 Å². The number of H-pyrrole nitrogens is 1. The number of methoxy groups -OCH3 is 1. The van der Waals surface area contributed by atoms with Gasteiger partial charge in [0.25, 0.3) is 0 Å². The number of amides is 1. The van der Waals surface area contributed by atoms with Gasteiger partial charge in [-0.3, -0.25) is 4.79 Å². The maximum atomic E-state index is 12.2. The van der Waals surface area contributed by atoms with Gasteiger partial charge in [-0.15, -0.1) is 11.8 Å². The number of hydrogen-bond donors (Lipinski definition) is 2. The van der Waals surface area contributed by atoms with E-state index in [0.717, 1.165) is 16.5 Å². The van der Waals surface area contributed by atoms with Crippen molar-refractivity contribution >= 4 is 34.5 Å². The third-order valence-electron chi connectivity index (χ3n) is 4.08. The van der Waals surface area contributed by atoms with Crippen molar-refractivity contribution in [3.8, 4) is 0 Å². The number of aliphatic hydroxyl groups excluding tert-OH is 1. The Hall–Kier alpha value is -2.03. The van der Waals surface area contributed by atoms with E-state index in [1.54, 1.807) is 28.8 Å². The number of ether oxygens (including phenoxy) is 2. The molecule has 1 unspecified atom stereocenters. The van der Waals surface area contributed by atoms with E-state index in [1.165, 1.54) is 7.11 Å². The Balaban J connectivity index is 1.82. The van der Waals surface area contributed by atoms with Crippen LogP contribution in [0.3, 0.4) is 0 Å². The number of aromatic nitrogens is 1. The van der Waals surface area contributed by atoms with Gasteiger partial charge in [0.1, 0.15) is 5.37 Å². The highest BCUT2D eigenvalue weighted by molar-refractivity contribution is 8.00. The summed E-state index contributed by atoms with van der Waals surface area (Å²) in [4.78, 5) is 28.8. The molecule has 1 aromatic heterocycles. The Morgan fingerprint density at radius 1 is 1.44 bits per heavy atom. The van der Waals surface area contributed by atoms with Crippen molar-refractivity contribution in [2.45, 2.75) is 5.37 Å². The number of carbonyl (C=O) groups is 2. The molecule has 0 spiro atoms. The van der Waals surface area contributed by atoms with Gasteiger partial charge in [-0.2, -0.15) is 0 Å². The van der Waals surface area contributed by atoms with Crippen molar-refractivity contribution in [1.82, 2.24) is 9.88 Å². The predicted molar refractivity (Wildman–Crippen MR) is 94.5 cm³/mol. The average Bonchev–Trinajstić information content (AvgIpc) is 3.20. The highest BCUT2D eigenvalue weighted by Gasteiger charge is 2.34. The van der Waals surface area contributed by atoms with Gasteiger partial charge in [0.15, 0.2) is 0 Å². The molecule has 1 atom stereocenters. The van der Waals surface area contributed by atoms with E-state index in [2.05, 4.69) is 4.98 Å². The molecule has 1 aliphatic heterocycles. The zero-order valence-electron chi connectivity index (χ0n) is 13.9. The summed E-state index contributed by atoms with van der Waals surface area (Å²) in [5.74, 6) is 0.117. The van der Waals surface area contributed by atoms with E-state index in [1.807, 2.05) is 12.3 Å². The number of hydrogen-bond acceptors (Lipinski definition) is 6. The molecule has 2 aromatic rings. The molecule has 8 heteroatoms. The minimum Gasteiger partial charge on any atom is -0.465 e. The standard InChI is InChI=1S/C17H20N2O5S/c1-23-17(22)11-2-3-12-13(9-18-14(12)8-11)16-19(15(21)10-25-16)4-6-24-7-5-20/h2-3,8-9,16,18,20H,4-7,10H2,1H3. The first-order valence-electron chi connectivity index (χ1n) is 7.94. The van der Waals surface area contributed by atoms with Crippen molar-refractivity contribution in [2.75, 3.05) is 39.2 Å². The number of aromatic amines is 1. The number of fused-ring (bicyclic) bond motifs is 1. The molecule has 1 saturated heterocycles. The fourth-order valence-corrected chi connectivity index (χ4v) is 4.12. The van der Waals surface area contributed by atoms with Gasteiger partial charge in [-0.05, 0) is 12.1 Å². The maximum Gasteiger partial charge on any atom is 0.337 e. The van der Waals surface area contributed by atoms with Crippen LogP contribution in [0, 0.1) is 0 Å². The molecule has 0 saturated carbocycles. The first kappa shape index (κ1) is 17.8. The molecule has 1 aromatic carbocycles. The summed E-state index contributed by atoms with van der Waals surface area (Å²) in [7, 11) is 1.35. The normalized spacial score (nSPS) is 17.4. The molecule has 7 nitrogen and oxygen atoms in total. The van der Waals surface area contributed by atoms with Crippen molar-refractivity contribution in [1.29, 1.82) is 0 Å². The summed E-state index contributed by atoms with van der Waals surface area (Å²) < 4.78 is 10.0. The van der Waals surface area contributed by atoms with Gasteiger partial charge in [0, 0.05) is 29.2 Å². The van der Waals surface area contributed by atoms with Gasteiger partial charge >= 0.3 is 5.97 Å². The van der Waals surface area contributed by atoms with Crippen LogP contribution in [0.1, 0.15) is 21.3 Å². The lowest BCUT2D eigenvalue weighted by Crippen LogP contribution is -2.31. The van der Waals surface area contributed by atoms with Crippen LogP contribution >= 0.6 is 11.8 Å². The molecule has 25 heavy (non-hydrogen) atoms. The van der Waals surface area contributed by atoms with Gasteiger partial charge in [0.05, 0.1) is 38.2 Å². The van der Waals surface area contributed by atoms with E-state index in [0.29, 0.717) is 24.5 Å². The molecule has 1 aliphatic rings. The molecule has 3 rings (SSSR count). The number of thioether (sulfide) groups is 1. The number of rotatable bonds is 7. The second-order valence-electron chi connectivity index (χ2n) is 5.58. The van der Waals surface area contributed by atoms with Gasteiger partial charge in [-0.1, -0.05) is 6.07 Å². The van der Waals surface area contributed by atoms with E-state index >= 15 is 0 Å². The monoisotopic (exact) mass is 364 g/mol. The number of nitrogens with one attached hydrogen (secondary N) is 1. The van der Waals surface area contributed by atoms with E-state index in [4.69, 9.17) is 14.6 Å². The molecule has 0 radical (unpaired) electrons. The van der Waals surface area contributed by atoms with Crippen LogP contribution in [0.4, 0.5) is 0 Å². The lowest BCUT2D eigenvalue weighted by Gasteiger charge is -2.23. The molecule has 0 bridgehead atoms.